The Morgan fingerprint density at radius 2 is 1.57 bits per heavy atom. The normalized spacial score (nSPS) is 10.5. The average molecular weight is 578 g/mol. The lowest BCUT2D eigenvalue weighted by molar-refractivity contribution is -0.302. The maximum Gasteiger partial charge on any atom is 0.300 e. The molecule has 0 unspecified atom stereocenters. The molecular weight excluding hydrogens is 541 g/mol. The van der Waals surface area contributed by atoms with Crippen LogP contribution in [0.5, 0.6) is 0 Å². The molecule has 4 aromatic rings. The Morgan fingerprint density at radius 3 is 2.12 bits per heavy atom. The molecular formula is C31H36FN5O5. The summed E-state index contributed by atoms with van der Waals surface area (Å²) in [5.74, 6) is -2.53. The molecule has 3 aromatic carbocycles. The number of aromatic nitrogens is 1. The van der Waals surface area contributed by atoms with Gasteiger partial charge in [-0.3, -0.25) is 19.5 Å². The summed E-state index contributed by atoms with van der Waals surface area (Å²) < 4.78 is 16.5. The van der Waals surface area contributed by atoms with E-state index < -0.39 is 11.9 Å². The number of hydrogen-bond donors (Lipinski definition) is 4. The number of fused-ring (bicyclic) bond motifs is 1. The zero-order chi connectivity index (χ0) is 31.6. The number of amidine groups is 1. The van der Waals surface area contributed by atoms with Gasteiger partial charge in [0, 0.05) is 42.4 Å². The number of aliphatic carboxylic acids is 2. The van der Waals surface area contributed by atoms with Gasteiger partial charge < -0.3 is 30.6 Å². The Kier molecular flexibility index (Phi) is 11.5. The van der Waals surface area contributed by atoms with Crippen molar-refractivity contribution in [2.24, 2.45) is 5.73 Å². The Labute approximate surface area is 243 Å². The van der Waals surface area contributed by atoms with E-state index in [2.05, 4.69) is 38.6 Å². The van der Waals surface area contributed by atoms with Gasteiger partial charge in [0.1, 0.15) is 23.0 Å². The first-order valence-electron chi connectivity index (χ1n) is 12.9. The van der Waals surface area contributed by atoms with E-state index in [1.807, 2.05) is 34.9 Å². The van der Waals surface area contributed by atoms with Crippen LogP contribution in [0, 0.1) is 11.2 Å². The summed E-state index contributed by atoms with van der Waals surface area (Å²) in [4.78, 5) is 31.1. The minimum Gasteiger partial charge on any atom is -0.550 e. The third-order valence-corrected chi connectivity index (χ3v) is 5.84. The highest BCUT2D eigenvalue weighted by molar-refractivity contribution is 5.99. The highest BCUT2D eigenvalue weighted by atomic mass is 19.1. The highest BCUT2D eigenvalue weighted by Crippen LogP contribution is 2.23. The van der Waals surface area contributed by atoms with Crippen LogP contribution in [0.25, 0.3) is 10.9 Å². The third-order valence-electron chi connectivity index (χ3n) is 5.84. The van der Waals surface area contributed by atoms with E-state index in [1.165, 1.54) is 17.8 Å². The summed E-state index contributed by atoms with van der Waals surface area (Å²) in [6, 6.07) is 21.7. The van der Waals surface area contributed by atoms with E-state index in [4.69, 9.17) is 30.9 Å². The average Bonchev–Trinajstić information content (AvgIpc) is 3.23. The molecule has 0 aliphatic heterocycles. The number of quaternary nitrogens is 1. The van der Waals surface area contributed by atoms with Crippen molar-refractivity contribution in [1.82, 2.24) is 14.4 Å². The van der Waals surface area contributed by atoms with Crippen molar-refractivity contribution < 1.29 is 29.0 Å². The fourth-order valence-corrected chi connectivity index (χ4v) is 3.95. The van der Waals surface area contributed by atoms with Crippen molar-refractivity contribution in [3.05, 3.63) is 101 Å². The second-order valence-electron chi connectivity index (χ2n) is 10.3. The summed E-state index contributed by atoms with van der Waals surface area (Å²) in [5, 5.41) is 27.6. The van der Waals surface area contributed by atoms with Crippen LogP contribution >= 0.6 is 0 Å². The summed E-state index contributed by atoms with van der Waals surface area (Å²) >= 11 is 0. The van der Waals surface area contributed by atoms with Crippen LogP contribution in [0.15, 0.2) is 72.8 Å². The van der Waals surface area contributed by atoms with Crippen molar-refractivity contribution in [3.63, 3.8) is 0 Å². The number of halogens is 1. The Hall–Kier alpha value is -5.03. The van der Waals surface area contributed by atoms with Crippen molar-refractivity contribution in [2.75, 3.05) is 21.1 Å². The fraction of sp³-hybridized carbons (Fsp3) is 0.226. The summed E-state index contributed by atoms with van der Waals surface area (Å²) in [6.45, 7) is 2.82. The molecule has 0 aliphatic rings. The molecule has 0 atom stereocenters. The number of nitrogens with one attached hydrogen (secondary N) is 2. The molecule has 0 spiro atoms. The smallest absolute Gasteiger partial charge is 0.300 e. The first-order valence-corrected chi connectivity index (χ1v) is 12.9. The Bertz CT molecular complexity index is 1550. The predicted molar refractivity (Wildman–Crippen MR) is 160 cm³/mol. The highest BCUT2D eigenvalue weighted by Gasteiger charge is 2.17. The van der Waals surface area contributed by atoms with Gasteiger partial charge in [-0.15, -0.1) is 0 Å². The molecule has 4 rings (SSSR count). The van der Waals surface area contributed by atoms with Gasteiger partial charge in [0.25, 0.3) is 11.9 Å². The number of carboxylic acid groups (broad SMARTS) is 2. The van der Waals surface area contributed by atoms with Gasteiger partial charge in [0.05, 0.1) is 21.1 Å². The minimum atomic E-state index is -1.08. The zero-order valence-electron chi connectivity index (χ0n) is 24.3. The monoisotopic (exact) mass is 577 g/mol. The van der Waals surface area contributed by atoms with Crippen molar-refractivity contribution in [1.29, 1.82) is 5.41 Å². The second-order valence-corrected chi connectivity index (χ2v) is 10.3. The maximum atomic E-state index is 13.9. The van der Waals surface area contributed by atoms with Gasteiger partial charge in [0.2, 0.25) is 0 Å². The van der Waals surface area contributed by atoms with E-state index in [-0.39, 0.29) is 17.6 Å². The number of nitrogens with two attached hydrogens (primary N) is 1. The summed E-state index contributed by atoms with van der Waals surface area (Å²) in [7, 11) is 6.31. The number of hydrogen-bond acceptors (Lipinski definition) is 5. The van der Waals surface area contributed by atoms with Crippen molar-refractivity contribution >= 4 is 40.3 Å². The molecule has 0 bridgehead atoms. The van der Waals surface area contributed by atoms with E-state index >= 15 is 0 Å². The SMILES string of the molecule is CC(=O)O.CC(=O)[O-].C[N+](C)(C)c1ccc(CNC(=O)c2cc3cc(F)ccc3n2Cc2cccc(C(=N)N)c2)cc1. The molecule has 0 radical (unpaired) electrons. The lowest BCUT2D eigenvalue weighted by atomic mass is 10.1. The van der Waals surface area contributed by atoms with Crippen molar-refractivity contribution in [2.45, 2.75) is 26.9 Å². The molecule has 42 heavy (non-hydrogen) atoms. The maximum absolute atomic E-state index is 13.9. The molecule has 222 valence electrons. The summed E-state index contributed by atoms with van der Waals surface area (Å²) in [6.07, 6.45) is 0. The first-order chi connectivity index (χ1) is 19.6. The zero-order valence-corrected chi connectivity index (χ0v) is 24.3. The number of carbonyl (C=O) groups excluding carboxylic acids is 2. The second kappa shape index (κ2) is 14.6. The van der Waals surface area contributed by atoms with E-state index in [0.29, 0.717) is 34.2 Å². The molecule has 1 heterocycles. The van der Waals surface area contributed by atoms with Gasteiger partial charge in [-0.2, -0.15) is 0 Å². The number of carbonyl (C=O) groups is 3. The van der Waals surface area contributed by atoms with Crippen LogP contribution in [0.4, 0.5) is 10.1 Å². The number of amides is 1. The number of rotatable bonds is 7. The molecule has 0 saturated heterocycles. The van der Waals surface area contributed by atoms with Crippen LogP contribution in [0.2, 0.25) is 0 Å². The fourth-order valence-electron chi connectivity index (χ4n) is 3.95. The lowest BCUT2D eigenvalue weighted by Crippen LogP contribution is -2.34. The molecule has 1 amide bonds. The van der Waals surface area contributed by atoms with Gasteiger partial charge in [-0.05, 0) is 60.5 Å². The lowest BCUT2D eigenvalue weighted by Gasteiger charge is -2.23. The molecule has 0 fully saturated rings. The molecule has 0 aliphatic carbocycles. The van der Waals surface area contributed by atoms with E-state index in [0.717, 1.165) is 30.5 Å². The van der Waals surface area contributed by atoms with Crippen LogP contribution in [-0.2, 0) is 22.7 Å². The molecule has 10 nitrogen and oxygen atoms in total. The number of benzene rings is 3. The van der Waals surface area contributed by atoms with Gasteiger partial charge in [-0.25, -0.2) is 4.39 Å². The number of nitrogen functional groups attached to an aromatic ring is 1. The Balaban J connectivity index is 0.000000686. The molecule has 0 saturated carbocycles. The van der Waals surface area contributed by atoms with Crippen LogP contribution < -0.4 is 20.6 Å². The molecule has 11 heteroatoms. The number of nitrogens with zero attached hydrogens (tertiary/aromatic N) is 2. The van der Waals surface area contributed by atoms with Crippen LogP contribution in [-0.4, -0.2) is 54.5 Å². The Morgan fingerprint density at radius 1 is 0.976 bits per heavy atom. The van der Waals surface area contributed by atoms with E-state index in [9.17, 15) is 9.18 Å². The van der Waals surface area contributed by atoms with Crippen LogP contribution in [0.3, 0.4) is 0 Å². The largest absolute Gasteiger partial charge is 0.550 e. The first kappa shape index (κ1) is 33.2. The minimum absolute atomic E-state index is 0.0180. The quantitative estimate of drug-likeness (QED) is 0.150. The van der Waals surface area contributed by atoms with E-state index in [1.54, 1.807) is 18.2 Å². The topological polar surface area (TPSA) is 161 Å². The van der Waals surface area contributed by atoms with Crippen molar-refractivity contribution in [3.8, 4) is 0 Å². The number of carboxylic acids is 2. The summed E-state index contributed by atoms with van der Waals surface area (Å²) in [5.41, 5.74) is 10.5. The predicted octanol–water partition coefficient (Wildman–Crippen LogP) is 3.09. The third kappa shape index (κ3) is 10.2. The van der Waals surface area contributed by atoms with Gasteiger partial charge in [0.15, 0.2) is 0 Å². The van der Waals surface area contributed by atoms with Gasteiger partial charge >= 0.3 is 0 Å². The van der Waals surface area contributed by atoms with Gasteiger partial charge in [-0.1, -0.05) is 30.3 Å². The standard InChI is InChI=1S/C27H28FN5O.2C2H4O2/c1-33(2,3)23-10-7-18(8-11-23)16-31-27(34)25-15-21-14-22(28)9-12-24(21)32(25)17-19-5-4-6-20(13-19)26(29)30;2*1-2(3)4/h4-15H,16-17H2,1-3H3,(H3-,29,30,31,34);2*1H3,(H,3,4). The molecule has 5 N–H and O–H groups in total. The molecule has 1 aromatic heterocycles. The van der Waals surface area contributed by atoms with Crippen LogP contribution in [0.1, 0.15) is 41.0 Å².